The van der Waals surface area contributed by atoms with Gasteiger partial charge in [-0.3, -0.25) is 14.4 Å². The summed E-state index contributed by atoms with van der Waals surface area (Å²) >= 11 is 5.86. The van der Waals surface area contributed by atoms with Crippen LogP contribution in [0.3, 0.4) is 0 Å². The predicted octanol–water partition coefficient (Wildman–Crippen LogP) is 2.16. The topological polar surface area (TPSA) is 79.0 Å². The zero-order valence-electron chi connectivity index (χ0n) is 15.4. The molecule has 0 saturated carbocycles. The number of hydrogen-bond acceptors (Lipinski definition) is 4. The molecule has 1 aliphatic rings. The fourth-order valence-corrected chi connectivity index (χ4v) is 3.03. The van der Waals surface area contributed by atoms with Crippen LogP contribution in [0.1, 0.15) is 5.56 Å². The van der Waals surface area contributed by atoms with Crippen molar-refractivity contribution in [1.29, 1.82) is 0 Å². The third-order valence-corrected chi connectivity index (χ3v) is 4.62. The smallest absolute Gasteiger partial charge is 0.312 e. The highest BCUT2D eigenvalue weighted by molar-refractivity contribution is 6.35. The van der Waals surface area contributed by atoms with Crippen molar-refractivity contribution in [3.8, 4) is 5.75 Å². The fraction of sp³-hybridized carbons (Fsp3) is 0.250. The van der Waals surface area contributed by atoms with Gasteiger partial charge in [0.1, 0.15) is 12.3 Å². The molecule has 1 fully saturated rings. The SMILES string of the molecule is COc1cccc(NC(=O)CN2CCN(Cc3ccc(Cl)cc3)C(=O)C2=O)c1. The molecular weight excluding hydrogens is 382 g/mol. The predicted molar refractivity (Wildman–Crippen MR) is 105 cm³/mol. The molecule has 0 spiro atoms. The highest BCUT2D eigenvalue weighted by atomic mass is 35.5. The summed E-state index contributed by atoms with van der Waals surface area (Å²) in [6, 6.07) is 14.0. The Morgan fingerprint density at radius 3 is 2.46 bits per heavy atom. The number of methoxy groups -OCH3 is 1. The Morgan fingerprint density at radius 2 is 1.75 bits per heavy atom. The van der Waals surface area contributed by atoms with Crippen molar-refractivity contribution in [3.63, 3.8) is 0 Å². The fourth-order valence-electron chi connectivity index (χ4n) is 2.90. The van der Waals surface area contributed by atoms with Crippen LogP contribution in [0.5, 0.6) is 5.75 Å². The summed E-state index contributed by atoms with van der Waals surface area (Å²) in [7, 11) is 1.54. The number of benzene rings is 2. The number of nitrogens with zero attached hydrogens (tertiary/aromatic N) is 2. The van der Waals surface area contributed by atoms with Gasteiger partial charge in [0.25, 0.3) is 0 Å². The molecule has 0 bridgehead atoms. The zero-order chi connectivity index (χ0) is 20.1. The summed E-state index contributed by atoms with van der Waals surface area (Å²) in [4.78, 5) is 39.8. The van der Waals surface area contributed by atoms with Crippen molar-refractivity contribution >= 4 is 35.0 Å². The number of piperazine rings is 1. The minimum atomic E-state index is -0.680. The van der Waals surface area contributed by atoms with Crippen LogP contribution in [-0.2, 0) is 20.9 Å². The van der Waals surface area contributed by atoms with Crippen LogP contribution in [0.15, 0.2) is 48.5 Å². The molecule has 7 nitrogen and oxygen atoms in total. The molecule has 1 aliphatic heterocycles. The molecule has 28 heavy (non-hydrogen) atoms. The number of anilines is 1. The third kappa shape index (κ3) is 4.80. The van der Waals surface area contributed by atoms with Crippen LogP contribution in [-0.4, -0.2) is 54.3 Å². The number of hydrogen-bond donors (Lipinski definition) is 1. The molecule has 2 aromatic carbocycles. The van der Waals surface area contributed by atoms with Gasteiger partial charge in [-0.15, -0.1) is 0 Å². The van der Waals surface area contributed by atoms with Gasteiger partial charge in [0.2, 0.25) is 5.91 Å². The first kappa shape index (κ1) is 19.7. The number of nitrogens with one attached hydrogen (secondary N) is 1. The van der Waals surface area contributed by atoms with Crippen LogP contribution in [0.2, 0.25) is 5.02 Å². The first-order chi connectivity index (χ1) is 13.5. The Hall–Kier alpha value is -3.06. The standard InChI is InChI=1S/C20H20ClN3O4/c1-28-17-4-2-3-16(11-17)22-18(25)13-24-10-9-23(19(26)20(24)27)12-14-5-7-15(21)8-6-14/h2-8,11H,9-10,12-13H2,1H3,(H,22,25). The van der Waals surface area contributed by atoms with E-state index < -0.39 is 11.8 Å². The lowest BCUT2D eigenvalue weighted by Crippen LogP contribution is -2.55. The molecule has 8 heteroatoms. The van der Waals surface area contributed by atoms with Crippen molar-refractivity contribution < 1.29 is 19.1 Å². The van der Waals surface area contributed by atoms with Crippen molar-refractivity contribution in [3.05, 3.63) is 59.1 Å². The maximum Gasteiger partial charge on any atom is 0.312 e. The van der Waals surface area contributed by atoms with E-state index in [-0.39, 0.29) is 12.5 Å². The van der Waals surface area contributed by atoms with E-state index in [1.807, 2.05) is 12.1 Å². The van der Waals surface area contributed by atoms with E-state index in [4.69, 9.17) is 16.3 Å². The first-order valence-electron chi connectivity index (χ1n) is 8.73. The van der Waals surface area contributed by atoms with Crippen molar-refractivity contribution in [2.24, 2.45) is 0 Å². The summed E-state index contributed by atoms with van der Waals surface area (Å²) < 4.78 is 5.11. The largest absolute Gasteiger partial charge is 0.497 e. The van der Waals surface area contributed by atoms with Gasteiger partial charge in [-0.2, -0.15) is 0 Å². The lowest BCUT2D eigenvalue weighted by molar-refractivity contribution is -0.157. The normalized spacial score (nSPS) is 14.2. The number of ether oxygens (including phenoxy) is 1. The Balaban J connectivity index is 1.56. The van der Waals surface area contributed by atoms with Crippen molar-refractivity contribution in [1.82, 2.24) is 9.80 Å². The molecule has 146 valence electrons. The molecular formula is C20H20ClN3O4. The zero-order valence-corrected chi connectivity index (χ0v) is 16.1. The van der Waals surface area contributed by atoms with Crippen LogP contribution in [0, 0.1) is 0 Å². The number of carbonyl (C=O) groups excluding carboxylic acids is 3. The van der Waals surface area contributed by atoms with E-state index in [1.165, 1.54) is 16.9 Å². The average molecular weight is 402 g/mol. The lowest BCUT2D eigenvalue weighted by atomic mass is 10.2. The molecule has 0 aromatic heterocycles. The Bertz CT molecular complexity index is 885. The molecule has 0 aliphatic carbocycles. The summed E-state index contributed by atoms with van der Waals surface area (Å²) in [6.07, 6.45) is 0. The van der Waals surface area contributed by atoms with Gasteiger partial charge in [0, 0.05) is 36.4 Å². The number of rotatable bonds is 6. The Morgan fingerprint density at radius 1 is 1.07 bits per heavy atom. The van der Waals surface area contributed by atoms with Gasteiger partial charge in [-0.25, -0.2) is 0 Å². The molecule has 0 atom stereocenters. The Kier molecular flexibility index (Phi) is 6.16. The lowest BCUT2D eigenvalue weighted by Gasteiger charge is -2.33. The maximum absolute atomic E-state index is 12.4. The van der Waals surface area contributed by atoms with Gasteiger partial charge in [-0.05, 0) is 29.8 Å². The Labute approximate surface area is 167 Å². The van der Waals surface area contributed by atoms with Gasteiger partial charge < -0.3 is 19.9 Å². The van der Waals surface area contributed by atoms with Gasteiger partial charge in [0.05, 0.1) is 7.11 Å². The van der Waals surface area contributed by atoms with E-state index in [9.17, 15) is 14.4 Å². The number of halogens is 1. The first-order valence-corrected chi connectivity index (χ1v) is 9.10. The van der Waals surface area contributed by atoms with Crippen molar-refractivity contribution in [2.75, 3.05) is 32.1 Å². The van der Waals surface area contributed by atoms with Gasteiger partial charge in [0.15, 0.2) is 0 Å². The van der Waals surface area contributed by atoms with Crippen LogP contribution in [0.4, 0.5) is 5.69 Å². The summed E-state index contributed by atoms with van der Waals surface area (Å²) in [5, 5.41) is 3.31. The van der Waals surface area contributed by atoms with Crippen molar-refractivity contribution in [2.45, 2.75) is 6.54 Å². The molecule has 3 rings (SSSR count). The summed E-state index contributed by atoms with van der Waals surface area (Å²) in [6.45, 7) is 0.797. The molecule has 1 heterocycles. The molecule has 2 aromatic rings. The van der Waals surface area contributed by atoms with Crippen LogP contribution >= 0.6 is 11.6 Å². The highest BCUT2D eigenvalue weighted by Gasteiger charge is 2.33. The van der Waals surface area contributed by atoms with Gasteiger partial charge in [-0.1, -0.05) is 29.8 Å². The van der Waals surface area contributed by atoms with Crippen LogP contribution in [0.25, 0.3) is 0 Å². The number of carbonyl (C=O) groups is 3. The second kappa shape index (κ2) is 8.75. The van der Waals surface area contributed by atoms with E-state index >= 15 is 0 Å². The molecule has 0 unspecified atom stereocenters. The second-order valence-corrected chi connectivity index (χ2v) is 6.80. The van der Waals surface area contributed by atoms with E-state index in [0.717, 1.165) is 5.56 Å². The quantitative estimate of drug-likeness (QED) is 0.752. The minimum Gasteiger partial charge on any atom is -0.497 e. The van der Waals surface area contributed by atoms with E-state index in [1.54, 1.807) is 36.4 Å². The van der Waals surface area contributed by atoms with Crippen LogP contribution < -0.4 is 10.1 Å². The second-order valence-electron chi connectivity index (χ2n) is 6.36. The van der Waals surface area contributed by atoms with E-state index in [2.05, 4.69) is 5.32 Å². The monoisotopic (exact) mass is 401 g/mol. The molecule has 0 radical (unpaired) electrons. The maximum atomic E-state index is 12.4. The highest BCUT2D eigenvalue weighted by Crippen LogP contribution is 2.17. The molecule has 1 N–H and O–H groups in total. The number of amides is 3. The third-order valence-electron chi connectivity index (χ3n) is 4.37. The average Bonchev–Trinajstić information content (AvgIpc) is 2.69. The van der Waals surface area contributed by atoms with E-state index in [0.29, 0.717) is 36.1 Å². The summed E-state index contributed by atoms with van der Waals surface area (Å²) in [5.41, 5.74) is 1.44. The summed E-state index contributed by atoms with van der Waals surface area (Å²) in [5.74, 6) is -1.06. The van der Waals surface area contributed by atoms with Gasteiger partial charge >= 0.3 is 11.8 Å². The molecule has 1 saturated heterocycles. The minimum absolute atomic E-state index is 0.184. The molecule has 3 amide bonds.